The van der Waals surface area contributed by atoms with E-state index in [0.717, 1.165) is 24.1 Å². The number of nitrogens with two attached hydrogens (primary N) is 1. The fraction of sp³-hybridized carbons (Fsp3) is 0.333. The van der Waals surface area contributed by atoms with Crippen LogP contribution < -0.4 is 5.73 Å². The Balaban J connectivity index is 3.11. The smallest absolute Gasteiger partial charge is 0.248 e. The van der Waals surface area contributed by atoms with Crippen molar-refractivity contribution in [3.05, 3.63) is 35.7 Å². The molecule has 80 valence electrons. The first-order chi connectivity index (χ1) is 7.19. The molecule has 0 saturated carbocycles. The summed E-state index contributed by atoms with van der Waals surface area (Å²) in [7, 11) is 0. The third-order valence-electron chi connectivity index (χ3n) is 2.16. The second kappa shape index (κ2) is 5.29. The van der Waals surface area contributed by atoms with Gasteiger partial charge in [-0.2, -0.15) is 0 Å². The Labute approximate surface area is 90.0 Å². The van der Waals surface area contributed by atoms with Crippen LogP contribution in [0.4, 0.5) is 0 Å². The fourth-order valence-electron chi connectivity index (χ4n) is 1.40. The first-order valence-corrected chi connectivity index (χ1v) is 5.14. The molecule has 15 heavy (non-hydrogen) atoms. The molecule has 0 aliphatic rings. The highest BCUT2D eigenvalue weighted by molar-refractivity contribution is 6.18. The van der Waals surface area contributed by atoms with Crippen LogP contribution in [0.3, 0.4) is 0 Å². The summed E-state index contributed by atoms with van der Waals surface area (Å²) in [4.78, 5) is 15.4. The van der Waals surface area contributed by atoms with Crippen LogP contribution in [-0.2, 0) is 11.2 Å². The zero-order valence-electron chi connectivity index (χ0n) is 9.16. The molecule has 0 aliphatic carbocycles. The van der Waals surface area contributed by atoms with Crippen molar-refractivity contribution in [1.29, 1.82) is 0 Å². The molecule has 1 amide bonds. The largest absolute Gasteiger partial charge is 0.366 e. The minimum Gasteiger partial charge on any atom is -0.366 e. The molecule has 0 aliphatic heterocycles. The molecule has 1 heterocycles. The lowest BCUT2D eigenvalue weighted by molar-refractivity contribution is -0.112. The van der Waals surface area contributed by atoms with Crippen molar-refractivity contribution in [2.24, 2.45) is 5.73 Å². The number of aryl methyl sites for hydroxylation is 1. The topological polar surface area (TPSA) is 56.0 Å². The van der Waals surface area contributed by atoms with Gasteiger partial charge in [0.2, 0.25) is 5.91 Å². The van der Waals surface area contributed by atoms with Gasteiger partial charge in [0.1, 0.15) is 0 Å². The van der Waals surface area contributed by atoms with Gasteiger partial charge in [-0.1, -0.05) is 19.9 Å². The van der Waals surface area contributed by atoms with E-state index in [1.807, 2.05) is 32.1 Å². The molecule has 0 bridgehead atoms. The Morgan fingerprint density at radius 1 is 1.53 bits per heavy atom. The van der Waals surface area contributed by atoms with E-state index in [1.165, 1.54) is 0 Å². The number of hydrogen-bond acceptors (Lipinski definition) is 2. The third-order valence-corrected chi connectivity index (χ3v) is 2.16. The predicted molar refractivity (Wildman–Crippen MR) is 61.1 cm³/mol. The van der Waals surface area contributed by atoms with Crippen LogP contribution in [0, 0.1) is 0 Å². The van der Waals surface area contributed by atoms with Crippen LogP contribution in [-0.4, -0.2) is 10.9 Å². The number of hydrogen-bond donors (Lipinski definition) is 1. The normalized spacial score (nSPS) is 11.5. The number of nitrogens with zero attached hydrogens (tertiary/aromatic N) is 1. The average molecular weight is 204 g/mol. The van der Waals surface area contributed by atoms with E-state index in [2.05, 4.69) is 4.98 Å². The Morgan fingerprint density at radius 3 is 2.80 bits per heavy atom. The third kappa shape index (κ3) is 2.91. The van der Waals surface area contributed by atoms with Crippen molar-refractivity contribution in [2.45, 2.75) is 26.7 Å². The maximum absolute atomic E-state index is 11.2. The second-order valence-electron chi connectivity index (χ2n) is 3.28. The molecule has 0 saturated heterocycles. The zero-order valence-corrected chi connectivity index (χ0v) is 9.16. The van der Waals surface area contributed by atoms with Gasteiger partial charge < -0.3 is 5.73 Å². The molecule has 1 rings (SSSR count). The van der Waals surface area contributed by atoms with Crippen molar-refractivity contribution in [3.63, 3.8) is 0 Å². The molecular weight excluding hydrogens is 188 g/mol. The number of allylic oxidation sites excluding steroid dienone is 1. The van der Waals surface area contributed by atoms with Crippen LogP contribution >= 0.6 is 0 Å². The number of rotatable bonds is 4. The summed E-state index contributed by atoms with van der Waals surface area (Å²) in [6, 6.07) is 3.72. The van der Waals surface area contributed by atoms with Gasteiger partial charge in [0.05, 0.1) is 0 Å². The highest BCUT2D eigenvalue weighted by atomic mass is 16.1. The standard InChI is InChI=1S/C12H16N2O/c1-3-5-11(12(13)15)9-6-7-14-10(4-2)8-9/h5-8H,3-4H2,1-2H3,(H2,13,15)/b11-5+. The van der Waals surface area contributed by atoms with Crippen LogP contribution in [0.25, 0.3) is 5.57 Å². The first-order valence-electron chi connectivity index (χ1n) is 5.14. The molecule has 1 aromatic heterocycles. The number of pyridine rings is 1. The number of primary amides is 1. The number of carbonyl (C=O) groups is 1. The van der Waals surface area contributed by atoms with Crippen molar-refractivity contribution in [3.8, 4) is 0 Å². The van der Waals surface area contributed by atoms with Gasteiger partial charge >= 0.3 is 0 Å². The lowest BCUT2D eigenvalue weighted by Gasteiger charge is -2.04. The van der Waals surface area contributed by atoms with Gasteiger partial charge in [-0.05, 0) is 30.5 Å². The van der Waals surface area contributed by atoms with Crippen molar-refractivity contribution >= 4 is 11.5 Å². The lowest BCUT2D eigenvalue weighted by Crippen LogP contribution is -2.13. The molecule has 0 spiro atoms. The fourth-order valence-corrected chi connectivity index (χ4v) is 1.40. The molecule has 1 aromatic rings. The highest BCUT2D eigenvalue weighted by Gasteiger charge is 2.07. The van der Waals surface area contributed by atoms with E-state index < -0.39 is 0 Å². The molecular formula is C12H16N2O. The molecule has 0 radical (unpaired) electrons. The van der Waals surface area contributed by atoms with Gasteiger partial charge in [-0.15, -0.1) is 0 Å². The average Bonchev–Trinajstić information content (AvgIpc) is 2.25. The Kier molecular flexibility index (Phi) is 4.03. The molecule has 3 heteroatoms. The maximum atomic E-state index is 11.2. The van der Waals surface area contributed by atoms with Crippen molar-refractivity contribution in [2.75, 3.05) is 0 Å². The van der Waals surface area contributed by atoms with Crippen LogP contribution in [0.15, 0.2) is 24.4 Å². The van der Waals surface area contributed by atoms with E-state index >= 15 is 0 Å². The molecule has 0 fully saturated rings. The SMILES string of the molecule is CC/C=C(/C(N)=O)c1ccnc(CC)c1. The summed E-state index contributed by atoms with van der Waals surface area (Å²) in [6.45, 7) is 4.00. The summed E-state index contributed by atoms with van der Waals surface area (Å²) in [5.41, 5.74) is 7.72. The van der Waals surface area contributed by atoms with E-state index in [0.29, 0.717) is 5.57 Å². The van der Waals surface area contributed by atoms with Gasteiger partial charge in [0.15, 0.2) is 0 Å². The summed E-state index contributed by atoms with van der Waals surface area (Å²) in [6.07, 6.45) is 5.20. The molecule has 0 aromatic carbocycles. The summed E-state index contributed by atoms with van der Waals surface area (Å²) < 4.78 is 0. The van der Waals surface area contributed by atoms with E-state index in [4.69, 9.17) is 5.73 Å². The minimum atomic E-state index is -0.384. The molecule has 0 unspecified atom stereocenters. The maximum Gasteiger partial charge on any atom is 0.248 e. The molecule has 2 N–H and O–H groups in total. The van der Waals surface area contributed by atoms with Gasteiger partial charge in [-0.25, -0.2) is 0 Å². The number of carbonyl (C=O) groups excluding carboxylic acids is 1. The molecule has 0 atom stereocenters. The summed E-state index contributed by atoms with van der Waals surface area (Å²) in [5.74, 6) is -0.384. The van der Waals surface area contributed by atoms with E-state index in [-0.39, 0.29) is 5.91 Å². The summed E-state index contributed by atoms with van der Waals surface area (Å²) >= 11 is 0. The Bertz CT molecular complexity index is 383. The zero-order chi connectivity index (χ0) is 11.3. The van der Waals surface area contributed by atoms with Gasteiger partial charge in [0, 0.05) is 17.5 Å². The number of amides is 1. The predicted octanol–water partition coefficient (Wildman–Crippen LogP) is 1.92. The van der Waals surface area contributed by atoms with Crippen molar-refractivity contribution < 1.29 is 4.79 Å². The van der Waals surface area contributed by atoms with Gasteiger partial charge in [0.25, 0.3) is 0 Å². The summed E-state index contributed by atoms with van der Waals surface area (Å²) in [5, 5.41) is 0. The highest BCUT2D eigenvalue weighted by Crippen LogP contribution is 2.15. The number of aromatic nitrogens is 1. The van der Waals surface area contributed by atoms with E-state index in [9.17, 15) is 4.79 Å². The van der Waals surface area contributed by atoms with Crippen molar-refractivity contribution in [1.82, 2.24) is 4.98 Å². The molecule has 3 nitrogen and oxygen atoms in total. The van der Waals surface area contributed by atoms with Crippen LogP contribution in [0.2, 0.25) is 0 Å². The van der Waals surface area contributed by atoms with Crippen LogP contribution in [0.5, 0.6) is 0 Å². The monoisotopic (exact) mass is 204 g/mol. The quantitative estimate of drug-likeness (QED) is 0.762. The lowest BCUT2D eigenvalue weighted by atomic mass is 10.0. The minimum absolute atomic E-state index is 0.384. The first kappa shape index (κ1) is 11.4. The van der Waals surface area contributed by atoms with E-state index in [1.54, 1.807) is 6.20 Å². The second-order valence-corrected chi connectivity index (χ2v) is 3.28. The Hall–Kier alpha value is -1.64. The van der Waals surface area contributed by atoms with Gasteiger partial charge in [-0.3, -0.25) is 9.78 Å². The van der Waals surface area contributed by atoms with Crippen LogP contribution in [0.1, 0.15) is 31.5 Å². The Morgan fingerprint density at radius 2 is 2.27 bits per heavy atom.